The van der Waals surface area contributed by atoms with Gasteiger partial charge >= 0.3 is 0 Å². The first-order chi connectivity index (χ1) is 6.50. The second-order valence-corrected chi connectivity index (χ2v) is 6.94. The van der Waals surface area contributed by atoms with Crippen molar-refractivity contribution in [3.05, 3.63) is 45.9 Å². The van der Waals surface area contributed by atoms with Crippen LogP contribution in [0.1, 0.15) is 20.8 Å². The Kier molecular flexibility index (Phi) is 4.23. The maximum Gasteiger partial charge on any atom is -0.0395 e. The Morgan fingerprint density at radius 2 is 1.50 bits per heavy atom. The van der Waals surface area contributed by atoms with Crippen molar-refractivity contribution in [2.24, 2.45) is 0 Å². The molecule has 0 unspecified atom stereocenters. The summed E-state index contributed by atoms with van der Waals surface area (Å²) in [5.74, 6) is 0. The maximum atomic E-state index is 5.11. The highest BCUT2D eigenvalue weighted by molar-refractivity contribution is 8.48. The van der Waals surface area contributed by atoms with Gasteiger partial charge in [-0.05, 0) is 31.9 Å². The second kappa shape index (κ2) is 5.01. The summed E-state index contributed by atoms with van der Waals surface area (Å²) in [4.78, 5) is 1.07. The smallest absolute Gasteiger partial charge is 0.0395 e. The quantitative estimate of drug-likeness (QED) is 0.646. The topological polar surface area (TPSA) is 0 Å². The highest BCUT2D eigenvalue weighted by atomic mass is 33.1. The molecule has 1 aliphatic carbocycles. The van der Waals surface area contributed by atoms with Crippen LogP contribution in [0.15, 0.2) is 45.9 Å². The van der Waals surface area contributed by atoms with E-state index >= 15 is 0 Å². The van der Waals surface area contributed by atoms with Gasteiger partial charge in [-0.3, -0.25) is 22.4 Å². The molecule has 0 bridgehead atoms. The molecule has 0 radical (unpaired) electrons. The van der Waals surface area contributed by atoms with Crippen molar-refractivity contribution in [3.63, 3.8) is 0 Å². The fourth-order valence-electron chi connectivity index (χ4n) is 1.20. The third-order valence-corrected chi connectivity index (χ3v) is 3.92. The van der Waals surface area contributed by atoms with E-state index in [1.807, 2.05) is 6.08 Å². The van der Waals surface area contributed by atoms with E-state index in [-0.39, 0.29) is 0 Å². The molecule has 1 aliphatic rings. The lowest BCUT2D eigenvalue weighted by molar-refractivity contribution is 1.33. The van der Waals surface area contributed by atoms with Crippen LogP contribution < -0.4 is 0 Å². The summed E-state index contributed by atoms with van der Waals surface area (Å²) in [6.07, 6.45) is 8.37. The number of hydrogen-bond donors (Lipinski definition) is 0. The molecule has 0 atom stereocenters. The molecule has 0 aliphatic heterocycles. The lowest BCUT2D eigenvalue weighted by Gasteiger charge is -2.11. The Labute approximate surface area is 96.9 Å². The fourth-order valence-corrected chi connectivity index (χ4v) is 2.27. The predicted octanol–water partition coefficient (Wildman–Crippen LogP) is 3.26. The first-order valence-corrected chi connectivity index (χ1v) is 7.43. The molecule has 0 fully saturated rings. The van der Waals surface area contributed by atoms with Crippen LogP contribution in [0.3, 0.4) is 0 Å². The average Bonchev–Trinajstić information content (AvgIpc) is 2.09. The van der Waals surface area contributed by atoms with Crippen molar-refractivity contribution in [1.82, 2.24) is 0 Å². The molecule has 0 aromatic carbocycles. The van der Waals surface area contributed by atoms with Crippen LogP contribution in [0.25, 0.3) is 0 Å². The number of rotatable bonds is 1. The van der Waals surface area contributed by atoms with Gasteiger partial charge in [0, 0.05) is 0 Å². The Balaban J connectivity index is 3.28. The zero-order valence-corrected chi connectivity index (χ0v) is 11.0. The molecule has 0 aromatic heterocycles. The van der Waals surface area contributed by atoms with E-state index in [0.29, 0.717) is 0 Å². The third kappa shape index (κ3) is 3.15. The lowest BCUT2D eigenvalue weighted by Crippen LogP contribution is -1.87. The molecule has 76 valence electrons. The summed E-state index contributed by atoms with van der Waals surface area (Å²) >= 11 is 10.2. The standard InChI is InChI=1S/C11H13S3/c1-8-4-5-11(14(12)13)7-10(3)9(2)6-8/h4-7H,1-3H3/q-1/b5-4?,8-4?,8-6?,9-6?,10-7?,10-9-,11-5?,11-7+. The molecule has 1 rings (SSSR count). The van der Waals surface area contributed by atoms with E-state index in [0.717, 1.165) is 4.91 Å². The van der Waals surface area contributed by atoms with Gasteiger partial charge in [-0.25, -0.2) is 0 Å². The van der Waals surface area contributed by atoms with Gasteiger partial charge in [0.2, 0.25) is 0 Å². The van der Waals surface area contributed by atoms with Gasteiger partial charge in [0.05, 0.1) is 0 Å². The van der Waals surface area contributed by atoms with Crippen LogP contribution in [-0.4, -0.2) is 0 Å². The Hall–Kier alpha value is -0.250. The molecule has 0 amide bonds. The highest BCUT2D eigenvalue weighted by Crippen LogP contribution is 2.16. The van der Waals surface area contributed by atoms with Crippen molar-refractivity contribution in [2.45, 2.75) is 20.8 Å². The first kappa shape index (κ1) is 11.8. The summed E-state index contributed by atoms with van der Waals surface area (Å²) < 4.78 is 0. The molecule has 0 N–H and O–H groups in total. The summed E-state index contributed by atoms with van der Waals surface area (Å²) in [7, 11) is -0.492. The van der Waals surface area contributed by atoms with Gasteiger partial charge in [-0.1, -0.05) is 29.9 Å². The molecule has 3 heteroatoms. The van der Waals surface area contributed by atoms with Gasteiger partial charge < -0.3 is 8.01 Å². The SMILES string of the molecule is CC1=C/C(C)=C(C)\C=C(\[S-](=S)=S)C=C1. The normalized spacial score (nSPS) is 26.6. The number of allylic oxidation sites excluding steroid dienone is 7. The van der Waals surface area contributed by atoms with E-state index < -0.39 is 8.01 Å². The molecule has 0 saturated carbocycles. The zero-order valence-electron chi connectivity index (χ0n) is 8.53. The minimum Gasteiger partial charge on any atom is -0.319 e. The molecule has 0 spiro atoms. The van der Waals surface area contributed by atoms with Crippen molar-refractivity contribution in [1.29, 1.82) is 0 Å². The van der Waals surface area contributed by atoms with E-state index in [1.54, 1.807) is 0 Å². The van der Waals surface area contributed by atoms with Crippen LogP contribution in [0.4, 0.5) is 0 Å². The van der Waals surface area contributed by atoms with Gasteiger partial charge in [0.25, 0.3) is 0 Å². The zero-order chi connectivity index (χ0) is 10.7. The first-order valence-electron chi connectivity index (χ1n) is 4.35. The Morgan fingerprint density at radius 3 is 2.07 bits per heavy atom. The monoisotopic (exact) mass is 241 g/mol. The summed E-state index contributed by atoms with van der Waals surface area (Å²) in [6.45, 7) is 6.29. The molecular weight excluding hydrogens is 228 g/mol. The van der Waals surface area contributed by atoms with Crippen molar-refractivity contribution < 1.29 is 0 Å². The minimum atomic E-state index is -0.492. The summed E-state index contributed by atoms with van der Waals surface area (Å²) in [5.41, 5.74) is 3.76. The number of hydrogen-bond acceptors (Lipinski definition) is 3. The van der Waals surface area contributed by atoms with Crippen LogP contribution in [-0.2, 0) is 30.4 Å². The minimum absolute atomic E-state index is 0.492. The van der Waals surface area contributed by atoms with Crippen LogP contribution in [0.5, 0.6) is 0 Å². The van der Waals surface area contributed by atoms with Crippen molar-refractivity contribution in [2.75, 3.05) is 0 Å². The van der Waals surface area contributed by atoms with Crippen LogP contribution in [0, 0.1) is 0 Å². The maximum absolute atomic E-state index is 5.11. The van der Waals surface area contributed by atoms with Gasteiger partial charge in [-0.15, -0.1) is 4.91 Å². The molecule has 0 nitrogen and oxygen atoms in total. The predicted molar refractivity (Wildman–Crippen MR) is 71.4 cm³/mol. The lowest BCUT2D eigenvalue weighted by atomic mass is 10.1. The highest BCUT2D eigenvalue weighted by Gasteiger charge is 1.94. The molecular formula is C11H13S3-. The Bertz CT molecular complexity index is 421. The van der Waals surface area contributed by atoms with Gasteiger partial charge in [0.1, 0.15) is 0 Å². The van der Waals surface area contributed by atoms with E-state index in [9.17, 15) is 0 Å². The molecule has 14 heavy (non-hydrogen) atoms. The molecule has 0 aromatic rings. The van der Waals surface area contributed by atoms with Crippen LogP contribution in [0.2, 0.25) is 0 Å². The second-order valence-electron chi connectivity index (χ2n) is 3.37. The molecule has 0 heterocycles. The van der Waals surface area contributed by atoms with Gasteiger partial charge in [0.15, 0.2) is 0 Å². The largest absolute Gasteiger partial charge is 0.319 e. The van der Waals surface area contributed by atoms with Gasteiger partial charge in [-0.2, -0.15) is 0 Å². The van der Waals surface area contributed by atoms with Crippen molar-refractivity contribution >= 4 is 30.4 Å². The third-order valence-electron chi connectivity index (χ3n) is 2.13. The Morgan fingerprint density at radius 1 is 0.929 bits per heavy atom. The fraction of sp³-hybridized carbons (Fsp3) is 0.273. The van der Waals surface area contributed by atoms with E-state index in [2.05, 4.69) is 39.0 Å². The summed E-state index contributed by atoms with van der Waals surface area (Å²) in [5, 5.41) is 0. The summed E-state index contributed by atoms with van der Waals surface area (Å²) in [6, 6.07) is 0. The van der Waals surface area contributed by atoms with Crippen LogP contribution >= 0.6 is 0 Å². The van der Waals surface area contributed by atoms with Crippen molar-refractivity contribution in [3.8, 4) is 0 Å². The van der Waals surface area contributed by atoms with E-state index in [1.165, 1.54) is 16.7 Å². The average molecular weight is 241 g/mol. The van der Waals surface area contributed by atoms with E-state index in [4.69, 9.17) is 22.4 Å². The molecule has 0 saturated heterocycles.